The summed E-state index contributed by atoms with van der Waals surface area (Å²) in [6, 6.07) is 61.5. The van der Waals surface area contributed by atoms with Gasteiger partial charge in [0, 0.05) is 66.7 Å². The van der Waals surface area contributed by atoms with E-state index in [0.717, 1.165) is 83.4 Å². The second-order valence-electron chi connectivity index (χ2n) is 15.7. The van der Waals surface area contributed by atoms with E-state index in [1.54, 1.807) is 0 Å². The van der Waals surface area contributed by atoms with Gasteiger partial charge in [0.25, 0.3) is 0 Å². The molecule has 59 heavy (non-hydrogen) atoms. The number of benzene rings is 7. The first-order chi connectivity index (χ1) is 28.4. The summed E-state index contributed by atoms with van der Waals surface area (Å²) < 4.78 is 15.3. The van der Waals surface area contributed by atoms with Crippen LogP contribution < -0.4 is 14.5 Å². The molecule has 6 nitrogen and oxygen atoms in total. The van der Waals surface area contributed by atoms with Crippen LogP contribution in [0.3, 0.4) is 0 Å². The molecule has 0 atom stereocenters. The maximum Gasteiger partial charge on any atom is 0.137 e. The normalized spacial score (nSPS) is 12.7. The predicted molar refractivity (Wildman–Crippen MR) is 236 cm³/mol. The van der Waals surface area contributed by atoms with Crippen LogP contribution in [0.2, 0.25) is 0 Å². The summed E-state index contributed by atoms with van der Waals surface area (Å²) in [5.74, 6) is 2.03. The number of rotatable bonds is 6. The molecule has 10 aromatic rings. The van der Waals surface area contributed by atoms with Crippen LogP contribution in [-0.2, 0) is 26.5 Å². The van der Waals surface area contributed by atoms with E-state index in [2.05, 4.69) is 187 Å². The molecule has 0 radical (unpaired) electrons. The zero-order valence-electron chi connectivity index (χ0n) is 32.6. The average Bonchev–Trinajstić information content (AvgIpc) is 3.94. The molecule has 3 aromatic heterocycles. The van der Waals surface area contributed by atoms with Crippen LogP contribution in [0, 0.1) is 18.8 Å². The van der Waals surface area contributed by atoms with Gasteiger partial charge in [0.1, 0.15) is 17.0 Å². The van der Waals surface area contributed by atoms with Crippen molar-refractivity contribution in [2.45, 2.75) is 26.2 Å². The number of hydrogen-bond donors (Lipinski definition) is 0. The average molecular weight is 945 g/mol. The molecule has 7 aromatic carbocycles. The van der Waals surface area contributed by atoms with Crippen molar-refractivity contribution in [2.24, 2.45) is 0 Å². The Kier molecular flexibility index (Phi) is 8.92. The zero-order valence-corrected chi connectivity index (χ0v) is 34.9. The van der Waals surface area contributed by atoms with E-state index >= 15 is 0 Å². The number of hydrogen-bond acceptors (Lipinski definition) is 5. The van der Waals surface area contributed by atoms with Gasteiger partial charge in [-0.2, -0.15) is 12.1 Å². The first-order valence-electron chi connectivity index (χ1n) is 19.5. The summed E-state index contributed by atoms with van der Waals surface area (Å²) in [5, 5.41) is 4.38. The van der Waals surface area contributed by atoms with Crippen LogP contribution in [0.4, 0.5) is 22.7 Å². The number of pyridine rings is 1. The fourth-order valence-corrected chi connectivity index (χ4v) is 8.34. The van der Waals surface area contributed by atoms with Gasteiger partial charge in [-0.1, -0.05) is 105 Å². The number of fused-ring (bicyclic) bond motifs is 7. The zero-order chi connectivity index (χ0) is 39.0. The van der Waals surface area contributed by atoms with Crippen LogP contribution >= 0.6 is 0 Å². The van der Waals surface area contributed by atoms with Gasteiger partial charge in [0.05, 0.1) is 5.39 Å². The van der Waals surface area contributed by atoms with E-state index in [9.17, 15) is 0 Å². The van der Waals surface area contributed by atoms with Crippen molar-refractivity contribution in [3.8, 4) is 28.4 Å². The first-order valence-corrected chi connectivity index (χ1v) is 19.5. The minimum absolute atomic E-state index is 0. The summed E-state index contributed by atoms with van der Waals surface area (Å²) in [7, 11) is 0. The number of para-hydroxylation sites is 3. The molecule has 0 aliphatic carbocycles. The topological polar surface area (TPSA) is 46.7 Å². The largest absolute Gasteiger partial charge is 0.509 e. The maximum absolute atomic E-state index is 6.59. The summed E-state index contributed by atoms with van der Waals surface area (Å²) in [5.41, 5.74) is 11.1. The Morgan fingerprint density at radius 2 is 1.31 bits per heavy atom. The van der Waals surface area contributed by atoms with Crippen molar-refractivity contribution in [3.05, 3.63) is 188 Å². The molecular weight excluding hydrogens is 908 g/mol. The van der Waals surface area contributed by atoms with Gasteiger partial charge in [-0.05, 0) is 76.0 Å². The van der Waals surface area contributed by atoms with Crippen LogP contribution in [0.25, 0.3) is 60.7 Å². The molecule has 1 aliphatic heterocycles. The summed E-state index contributed by atoms with van der Waals surface area (Å²) in [4.78, 5) is 9.25. The molecule has 1 aliphatic rings. The molecule has 0 fully saturated rings. The molecular formula is C52H37N4O2Pt-3. The standard InChI is InChI=1S/C52H37N4O2.Pt/c1-52(2,3)35-28-29-53-49(30-35)56-42-20-8-7-18-40(42)41-27-26-38(32-46(41)56)57-37-17-11-16-36(31-37)54-33-55(44-22-10-9-21-43(44)54)45-23-13-25-48-51(45)50-39(19-12-24-47(50)58-48)34-14-5-4-6-15-34;/h4-30,33H,1-3H3;/q-3;. The molecule has 4 heterocycles. The fraction of sp³-hybridized carbons (Fsp3) is 0.0769. The van der Waals surface area contributed by atoms with Crippen LogP contribution in [-0.4, -0.2) is 9.55 Å². The van der Waals surface area contributed by atoms with Crippen molar-refractivity contribution in [1.82, 2.24) is 9.55 Å². The minimum atomic E-state index is -0.0214. The van der Waals surface area contributed by atoms with Crippen molar-refractivity contribution < 1.29 is 30.2 Å². The molecule has 0 saturated carbocycles. The Morgan fingerprint density at radius 3 is 2.14 bits per heavy atom. The minimum Gasteiger partial charge on any atom is -0.509 e. The third-order valence-electron chi connectivity index (χ3n) is 11.1. The second kappa shape index (κ2) is 14.3. The molecule has 0 unspecified atom stereocenters. The molecule has 290 valence electrons. The van der Waals surface area contributed by atoms with Gasteiger partial charge < -0.3 is 23.5 Å². The Hall–Kier alpha value is -6.62. The van der Waals surface area contributed by atoms with Crippen LogP contribution in [0.5, 0.6) is 11.5 Å². The second-order valence-corrected chi connectivity index (χ2v) is 15.7. The molecule has 0 spiro atoms. The van der Waals surface area contributed by atoms with E-state index < -0.39 is 0 Å². The van der Waals surface area contributed by atoms with E-state index in [-0.39, 0.29) is 26.5 Å². The van der Waals surface area contributed by atoms with Crippen LogP contribution in [0.15, 0.2) is 168 Å². The molecule has 7 heteroatoms. The van der Waals surface area contributed by atoms with Gasteiger partial charge in [0.15, 0.2) is 0 Å². The van der Waals surface area contributed by atoms with Crippen molar-refractivity contribution in [3.63, 3.8) is 0 Å². The van der Waals surface area contributed by atoms with Gasteiger partial charge in [0.2, 0.25) is 0 Å². The van der Waals surface area contributed by atoms with Gasteiger partial charge in [-0.15, -0.1) is 48.1 Å². The quantitative estimate of drug-likeness (QED) is 0.155. The molecule has 0 N–H and O–H groups in total. The van der Waals surface area contributed by atoms with E-state index in [0.29, 0.717) is 11.5 Å². The summed E-state index contributed by atoms with van der Waals surface area (Å²) in [6.07, 6.45) is 1.89. The number of furan rings is 1. The van der Waals surface area contributed by atoms with E-state index in [1.165, 1.54) is 5.56 Å². The van der Waals surface area contributed by atoms with Gasteiger partial charge >= 0.3 is 0 Å². The smallest absolute Gasteiger partial charge is 0.137 e. The molecule has 0 amide bonds. The van der Waals surface area contributed by atoms with E-state index in [4.69, 9.17) is 14.1 Å². The third kappa shape index (κ3) is 6.18. The number of ether oxygens (including phenoxy) is 1. The Bertz CT molecular complexity index is 3200. The van der Waals surface area contributed by atoms with Crippen molar-refractivity contribution in [1.29, 1.82) is 0 Å². The predicted octanol–water partition coefficient (Wildman–Crippen LogP) is 13.8. The van der Waals surface area contributed by atoms with Gasteiger partial charge in [-0.3, -0.25) is 0 Å². The Balaban J connectivity index is 0.00000420. The summed E-state index contributed by atoms with van der Waals surface area (Å²) >= 11 is 0. The Labute approximate surface area is 357 Å². The number of nitrogens with zero attached hydrogens (tertiary/aromatic N) is 4. The van der Waals surface area contributed by atoms with Crippen LogP contribution in [0.1, 0.15) is 26.3 Å². The molecule has 0 bridgehead atoms. The number of anilines is 4. The molecule has 11 rings (SSSR count). The molecule has 0 saturated heterocycles. The van der Waals surface area contributed by atoms with Gasteiger partial charge in [-0.25, -0.2) is 4.98 Å². The van der Waals surface area contributed by atoms with Crippen molar-refractivity contribution >= 4 is 66.5 Å². The summed E-state index contributed by atoms with van der Waals surface area (Å²) in [6.45, 7) is 8.80. The monoisotopic (exact) mass is 944 g/mol. The first kappa shape index (κ1) is 36.7. The van der Waals surface area contributed by atoms with Crippen molar-refractivity contribution in [2.75, 3.05) is 9.80 Å². The third-order valence-corrected chi connectivity index (χ3v) is 11.1. The number of aromatic nitrogens is 2. The maximum atomic E-state index is 6.59. The Morgan fingerprint density at radius 1 is 0.610 bits per heavy atom. The van der Waals surface area contributed by atoms with E-state index in [1.807, 2.05) is 30.5 Å². The fourth-order valence-electron chi connectivity index (χ4n) is 8.34. The SMILES string of the molecule is CC(C)(C)c1ccnc(-n2c3[c-]c(Oc4[c-]c(N5[CH-]N(c6cccc7oc8cccc(-c9ccccc9)c8c67)c6ccccc65)ccc4)ccc3c3ccccc32)c1.[Pt].